The highest BCUT2D eigenvalue weighted by Crippen LogP contribution is 2.60. The number of esters is 1. The van der Waals surface area contributed by atoms with Gasteiger partial charge in [0.15, 0.2) is 0 Å². The van der Waals surface area contributed by atoms with E-state index in [4.69, 9.17) is 9.05 Å². The highest BCUT2D eigenvalue weighted by molar-refractivity contribution is 8.55. The molecule has 0 N–H and O–H groups in total. The predicted molar refractivity (Wildman–Crippen MR) is 64.6 cm³/mol. The van der Waals surface area contributed by atoms with E-state index in [-0.39, 0.29) is 5.75 Å². The average molecular weight is 270 g/mol. The maximum absolute atomic E-state index is 12.1. The van der Waals surface area contributed by atoms with Crippen LogP contribution in [-0.2, 0) is 23.1 Å². The van der Waals surface area contributed by atoms with Crippen molar-refractivity contribution in [2.24, 2.45) is 0 Å². The van der Waals surface area contributed by atoms with Crippen molar-refractivity contribution in [2.45, 2.75) is 26.7 Å². The zero-order valence-corrected chi connectivity index (χ0v) is 11.6. The molecule has 0 aromatic rings. The van der Waals surface area contributed by atoms with Gasteiger partial charge in [-0.15, -0.1) is 0 Å². The zero-order valence-electron chi connectivity index (χ0n) is 9.93. The van der Waals surface area contributed by atoms with Crippen LogP contribution in [0.2, 0.25) is 0 Å². The van der Waals surface area contributed by atoms with Crippen LogP contribution >= 0.6 is 18.2 Å². The third-order valence-corrected chi connectivity index (χ3v) is 5.12. The van der Waals surface area contributed by atoms with Gasteiger partial charge in [0.2, 0.25) is 0 Å². The van der Waals surface area contributed by atoms with Crippen LogP contribution in [0.15, 0.2) is 0 Å². The summed E-state index contributed by atoms with van der Waals surface area (Å²) in [4.78, 5) is 10.9. The van der Waals surface area contributed by atoms with Gasteiger partial charge in [0, 0.05) is 0 Å². The number of methoxy groups -OCH3 is 1. The highest BCUT2D eigenvalue weighted by atomic mass is 32.7. The van der Waals surface area contributed by atoms with Gasteiger partial charge in [-0.2, -0.15) is 0 Å². The lowest BCUT2D eigenvalue weighted by molar-refractivity contribution is -0.137. The van der Waals surface area contributed by atoms with Gasteiger partial charge < -0.3 is 13.8 Å². The minimum atomic E-state index is -3.20. The van der Waals surface area contributed by atoms with Crippen molar-refractivity contribution in [3.8, 4) is 0 Å². The van der Waals surface area contributed by atoms with Gasteiger partial charge in [-0.3, -0.25) is 4.79 Å². The molecule has 0 aromatic heterocycles. The largest absolute Gasteiger partial charge is 0.468 e. The molecule has 96 valence electrons. The standard InChI is InChI=1S/C9H19O5PS/c1-4-6-13-15(11,14-7-5-2)16-8-9(10)12-3/h4-8H2,1-3H3. The van der Waals surface area contributed by atoms with Gasteiger partial charge in [-0.25, -0.2) is 4.57 Å². The van der Waals surface area contributed by atoms with E-state index < -0.39 is 12.8 Å². The van der Waals surface area contributed by atoms with Gasteiger partial charge in [-0.05, 0) is 24.2 Å². The first-order valence-corrected chi connectivity index (χ1v) is 8.31. The third kappa shape index (κ3) is 7.28. The minimum Gasteiger partial charge on any atom is -0.468 e. The Hall–Kier alpha value is -0.0300. The third-order valence-electron chi connectivity index (χ3n) is 1.48. The van der Waals surface area contributed by atoms with E-state index in [0.29, 0.717) is 13.2 Å². The Morgan fingerprint density at radius 1 is 1.19 bits per heavy atom. The van der Waals surface area contributed by atoms with Crippen LogP contribution in [0.4, 0.5) is 0 Å². The van der Waals surface area contributed by atoms with Crippen molar-refractivity contribution in [1.82, 2.24) is 0 Å². The van der Waals surface area contributed by atoms with Crippen LogP contribution in [0.3, 0.4) is 0 Å². The Morgan fingerprint density at radius 3 is 2.06 bits per heavy atom. The maximum atomic E-state index is 12.1. The van der Waals surface area contributed by atoms with Crippen LogP contribution in [0, 0.1) is 0 Å². The second kappa shape index (κ2) is 9.05. The molecule has 0 spiro atoms. The molecular weight excluding hydrogens is 251 g/mol. The Balaban J connectivity index is 4.17. The summed E-state index contributed by atoms with van der Waals surface area (Å²) in [5, 5.41) is 0. The first kappa shape index (κ1) is 16.0. The summed E-state index contributed by atoms with van der Waals surface area (Å²) in [5.41, 5.74) is 0. The van der Waals surface area contributed by atoms with Crippen molar-refractivity contribution < 1.29 is 23.1 Å². The lowest BCUT2D eigenvalue weighted by Crippen LogP contribution is -2.05. The zero-order chi connectivity index (χ0) is 12.4. The SMILES string of the molecule is CCCOP(=O)(OCCC)SCC(=O)OC. The molecule has 0 unspecified atom stereocenters. The molecule has 7 heteroatoms. The monoisotopic (exact) mass is 270 g/mol. The number of hydrogen-bond acceptors (Lipinski definition) is 6. The van der Waals surface area contributed by atoms with Gasteiger partial charge in [-0.1, -0.05) is 13.8 Å². The van der Waals surface area contributed by atoms with E-state index in [1.807, 2.05) is 13.8 Å². The quantitative estimate of drug-likeness (QED) is 0.474. The normalized spacial score (nSPS) is 11.4. The van der Waals surface area contributed by atoms with Crippen LogP contribution < -0.4 is 0 Å². The fourth-order valence-electron chi connectivity index (χ4n) is 0.709. The highest BCUT2D eigenvalue weighted by Gasteiger charge is 2.26. The Bertz CT molecular complexity index is 234. The second-order valence-electron chi connectivity index (χ2n) is 2.96. The lowest BCUT2D eigenvalue weighted by Gasteiger charge is -2.16. The minimum absolute atomic E-state index is 0.0266. The summed E-state index contributed by atoms with van der Waals surface area (Å²) in [6, 6.07) is 0. The molecule has 0 aliphatic rings. The summed E-state index contributed by atoms with van der Waals surface area (Å²) in [5.74, 6) is -0.466. The molecule has 0 rings (SSSR count). The fourth-order valence-corrected chi connectivity index (χ4v) is 3.81. The first-order chi connectivity index (χ1) is 7.58. The van der Waals surface area contributed by atoms with E-state index in [1.165, 1.54) is 7.11 Å². The molecule has 0 bridgehead atoms. The van der Waals surface area contributed by atoms with Gasteiger partial charge in [0.05, 0.1) is 20.3 Å². The maximum Gasteiger partial charge on any atom is 0.389 e. The van der Waals surface area contributed by atoms with Crippen molar-refractivity contribution in [3.63, 3.8) is 0 Å². The first-order valence-electron chi connectivity index (χ1n) is 5.18. The molecule has 0 heterocycles. The van der Waals surface area contributed by atoms with E-state index in [2.05, 4.69) is 4.74 Å². The summed E-state index contributed by atoms with van der Waals surface area (Å²) >= 11 is 0.873. The molecule has 0 saturated heterocycles. The smallest absolute Gasteiger partial charge is 0.389 e. The Labute approximate surface area is 100 Å². The number of hydrogen-bond donors (Lipinski definition) is 0. The van der Waals surface area contributed by atoms with Crippen LogP contribution in [0.25, 0.3) is 0 Å². The molecule has 0 aromatic carbocycles. The topological polar surface area (TPSA) is 61.8 Å². The second-order valence-corrected chi connectivity index (χ2v) is 7.04. The Kier molecular flexibility index (Phi) is 9.03. The molecule has 0 saturated carbocycles. The van der Waals surface area contributed by atoms with Crippen molar-refractivity contribution in [3.05, 3.63) is 0 Å². The van der Waals surface area contributed by atoms with Crippen LogP contribution in [0.1, 0.15) is 26.7 Å². The predicted octanol–water partition coefficient (Wildman–Crippen LogP) is 2.85. The van der Waals surface area contributed by atoms with E-state index >= 15 is 0 Å². The van der Waals surface area contributed by atoms with Gasteiger partial charge in [0.25, 0.3) is 0 Å². The molecule has 5 nitrogen and oxygen atoms in total. The molecule has 0 aliphatic carbocycles. The van der Waals surface area contributed by atoms with Crippen molar-refractivity contribution in [1.29, 1.82) is 0 Å². The molecule has 0 aliphatic heterocycles. The van der Waals surface area contributed by atoms with Crippen LogP contribution in [0.5, 0.6) is 0 Å². The molecule has 0 radical (unpaired) electrons. The van der Waals surface area contributed by atoms with Gasteiger partial charge >= 0.3 is 12.8 Å². The number of ether oxygens (including phenoxy) is 1. The number of rotatable bonds is 9. The van der Waals surface area contributed by atoms with Crippen LogP contribution in [-0.4, -0.2) is 32.0 Å². The van der Waals surface area contributed by atoms with E-state index in [0.717, 1.165) is 24.2 Å². The van der Waals surface area contributed by atoms with Crippen molar-refractivity contribution >= 4 is 24.1 Å². The molecule has 0 atom stereocenters. The van der Waals surface area contributed by atoms with E-state index in [1.54, 1.807) is 0 Å². The molecule has 0 amide bonds. The van der Waals surface area contributed by atoms with Gasteiger partial charge in [0.1, 0.15) is 5.75 Å². The van der Waals surface area contributed by atoms with Crippen molar-refractivity contribution in [2.75, 3.05) is 26.1 Å². The molecule has 0 fully saturated rings. The van der Waals surface area contributed by atoms with E-state index in [9.17, 15) is 9.36 Å². The Morgan fingerprint density at radius 2 is 1.69 bits per heavy atom. The summed E-state index contributed by atoms with van der Waals surface area (Å²) in [6.45, 7) is 1.33. The summed E-state index contributed by atoms with van der Waals surface area (Å²) < 4.78 is 26.9. The summed E-state index contributed by atoms with van der Waals surface area (Å²) in [6.07, 6.45) is 1.50. The fraction of sp³-hybridized carbons (Fsp3) is 0.889. The summed E-state index contributed by atoms with van der Waals surface area (Å²) in [7, 11) is 1.29. The lowest BCUT2D eigenvalue weighted by atomic mass is 10.5. The molecule has 16 heavy (non-hydrogen) atoms. The number of carbonyl (C=O) groups is 1. The number of carbonyl (C=O) groups excluding carboxylic acids is 1. The average Bonchev–Trinajstić information content (AvgIpc) is 2.31. The molecular formula is C9H19O5PS.